The average molecular weight is 308 g/mol. The lowest BCUT2D eigenvalue weighted by molar-refractivity contribution is 0.180. The Hall–Kier alpha value is -0.430. The molecule has 0 unspecified atom stereocenters. The molecular weight excluding hydrogens is 294 g/mol. The van der Waals surface area contributed by atoms with Crippen LogP contribution in [0.4, 0.5) is 0 Å². The highest BCUT2D eigenvalue weighted by Gasteiger charge is 2.17. The smallest absolute Gasteiger partial charge is 0.240 e. The lowest BCUT2D eigenvalue weighted by atomic mass is 10.4. The van der Waals surface area contributed by atoms with Gasteiger partial charge in [-0.25, -0.2) is 13.1 Å². The standard InChI is InChI=1S/C10H14BrNO3S/c1-8(7-15-2)12-16(13,14)10-5-3-4-9(11)6-10/h3-6,8,12H,7H2,1-2H3/t8-/m0/s1. The maximum absolute atomic E-state index is 11.9. The Kier molecular flexibility index (Phi) is 4.91. The van der Waals surface area contributed by atoms with Crippen LogP contribution in [0.5, 0.6) is 0 Å². The zero-order chi connectivity index (χ0) is 12.2. The summed E-state index contributed by atoms with van der Waals surface area (Å²) in [5, 5.41) is 0. The second-order valence-electron chi connectivity index (χ2n) is 3.44. The van der Waals surface area contributed by atoms with Crippen molar-refractivity contribution in [1.82, 2.24) is 4.72 Å². The van der Waals surface area contributed by atoms with Gasteiger partial charge in [0.1, 0.15) is 0 Å². The van der Waals surface area contributed by atoms with E-state index in [0.717, 1.165) is 4.47 Å². The fraction of sp³-hybridized carbons (Fsp3) is 0.400. The molecule has 0 amide bonds. The molecule has 0 heterocycles. The van der Waals surface area contributed by atoms with Crippen LogP contribution in [0, 0.1) is 0 Å². The van der Waals surface area contributed by atoms with E-state index in [1.807, 2.05) is 0 Å². The van der Waals surface area contributed by atoms with Crippen LogP contribution >= 0.6 is 15.9 Å². The maximum Gasteiger partial charge on any atom is 0.240 e. The summed E-state index contributed by atoms with van der Waals surface area (Å²) in [6.45, 7) is 2.09. The van der Waals surface area contributed by atoms with E-state index in [2.05, 4.69) is 20.7 Å². The molecule has 1 rings (SSSR count). The molecule has 0 aliphatic rings. The second kappa shape index (κ2) is 5.77. The predicted octanol–water partition coefficient (Wildman–Crippen LogP) is 1.76. The Balaban J connectivity index is 2.86. The fourth-order valence-electron chi connectivity index (χ4n) is 1.25. The van der Waals surface area contributed by atoms with Gasteiger partial charge in [-0.3, -0.25) is 0 Å². The minimum atomic E-state index is -3.46. The molecular formula is C10H14BrNO3S. The Labute approximate surface area is 104 Å². The van der Waals surface area contributed by atoms with Gasteiger partial charge in [0.25, 0.3) is 0 Å². The second-order valence-corrected chi connectivity index (χ2v) is 6.06. The van der Waals surface area contributed by atoms with Gasteiger partial charge in [-0.1, -0.05) is 22.0 Å². The summed E-state index contributed by atoms with van der Waals surface area (Å²) >= 11 is 3.23. The Morgan fingerprint density at radius 1 is 1.50 bits per heavy atom. The van der Waals surface area contributed by atoms with Crippen molar-refractivity contribution in [3.05, 3.63) is 28.7 Å². The third kappa shape index (κ3) is 3.86. The van der Waals surface area contributed by atoms with E-state index in [1.54, 1.807) is 31.2 Å². The fourth-order valence-corrected chi connectivity index (χ4v) is 3.08. The Morgan fingerprint density at radius 2 is 2.19 bits per heavy atom. The van der Waals surface area contributed by atoms with Gasteiger partial charge in [-0.05, 0) is 25.1 Å². The highest BCUT2D eigenvalue weighted by molar-refractivity contribution is 9.10. The first kappa shape index (κ1) is 13.6. The summed E-state index contributed by atoms with van der Waals surface area (Å²) in [7, 11) is -1.93. The van der Waals surface area contributed by atoms with Crippen molar-refractivity contribution in [3.8, 4) is 0 Å². The molecule has 0 saturated heterocycles. The Morgan fingerprint density at radius 3 is 2.75 bits per heavy atom. The molecule has 0 aliphatic heterocycles. The van der Waals surface area contributed by atoms with Gasteiger partial charge in [0.15, 0.2) is 0 Å². The molecule has 0 aromatic heterocycles. The largest absolute Gasteiger partial charge is 0.383 e. The van der Waals surface area contributed by atoms with Gasteiger partial charge in [-0.2, -0.15) is 0 Å². The van der Waals surface area contributed by atoms with Crippen molar-refractivity contribution in [2.24, 2.45) is 0 Å². The number of ether oxygens (including phenoxy) is 1. The summed E-state index contributed by atoms with van der Waals surface area (Å²) in [5.74, 6) is 0. The molecule has 1 aromatic rings. The molecule has 16 heavy (non-hydrogen) atoms. The van der Waals surface area contributed by atoms with Crippen LogP contribution in [-0.4, -0.2) is 28.2 Å². The highest BCUT2D eigenvalue weighted by atomic mass is 79.9. The summed E-state index contributed by atoms with van der Waals surface area (Å²) in [5.41, 5.74) is 0. The van der Waals surface area contributed by atoms with Crippen LogP contribution < -0.4 is 4.72 Å². The van der Waals surface area contributed by atoms with Crippen LogP contribution in [0.3, 0.4) is 0 Å². The van der Waals surface area contributed by atoms with Gasteiger partial charge in [0.05, 0.1) is 11.5 Å². The molecule has 4 nitrogen and oxygen atoms in total. The quantitative estimate of drug-likeness (QED) is 0.902. The normalized spacial score (nSPS) is 13.7. The van der Waals surface area contributed by atoms with Crippen LogP contribution in [0.25, 0.3) is 0 Å². The molecule has 0 saturated carbocycles. The monoisotopic (exact) mass is 307 g/mol. The van der Waals surface area contributed by atoms with Crippen molar-refractivity contribution in [2.75, 3.05) is 13.7 Å². The maximum atomic E-state index is 11.9. The molecule has 0 spiro atoms. The number of halogens is 1. The first-order chi connectivity index (χ1) is 7.45. The van der Waals surface area contributed by atoms with Crippen molar-refractivity contribution in [3.63, 3.8) is 0 Å². The minimum Gasteiger partial charge on any atom is -0.383 e. The number of rotatable bonds is 5. The van der Waals surface area contributed by atoms with E-state index in [0.29, 0.717) is 6.61 Å². The van der Waals surface area contributed by atoms with Gasteiger partial charge in [0.2, 0.25) is 10.0 Å². The number of benzene rings is 1. The summed E-state index contributed by atoms with van der Waals surface area (Å²) in [6.07, 6.45) is 0. The van der Waals surface area contributed by atoms with E-state index in [9.17, 15) is 8.42 Å². The molecule has 0 bridgehead atoms. The molecule has 0 radical (unpaired) electrons. The van der Waals surface area contributed by atoms with E-state index in [4.69, 9.17) is 4.74 Å². The first-order valence-electron chi connectivity index (χ1n) is 4.72. The zero-order valence-corrected chi connectivity index (χ0v) is 11.5. The molecule has 90 valence electrons. The number of nitrogens with one attached hydrogen (secondary N) is 1. The van der Waals surface area contributed by atoms with E-state index < -0.39 is 10.0 Å². The van der Waals surface area contributed by atoms with E-state index in [-0.39, 0.29) is 10.9 Å². The lowest BCUT2D eigenvalue weighted by Crippen LogP contribution is -2.35. The molecule has 0 fully saturated rings. The minimum absolute atomic E-state index is 0.241. The summed E-state index contributed by atoms with van der Waals surface area (Å²) < 4.78 is 31.9. The van der Waals surface area contributed by atoms with Crippen LogP contribution in [0.15, 0.2) is 33.6 Å². The average Bonchev–Trinajstić information content (AvgIpc) is 2.17. The van der Waals surface area contributed by atoms with E-state index in [1.165, 1.54) is 7.11 Å². The zero-order valence-electron chi connectivity index (χ0n) is 9.10. The molecule has 1 aromatic carbocycles. The third-order valence-electron chi connectivity index (χ3n) is 1.88. The van der Waals surface area contributed by atoms with Gasteiger partial charge < -0.3 is 4.74 Å². The third-order valence-corrected chi connectivity index (χ3v) is 3.96. The van der Waals surface area contributed by atoms with Crippen molar-refractivity contribution >= 4 is 26.0 Å². The van der Waals surface area contributed by atoms with Crippen molar-refractivity contribution in [2.45, 2.75) is 17.9 Å². The van der Waals surface area contributed by atoms with Crippen molar-refractivity contribution < 1.29 is 13.2 Å². The Bertz CT molecular complexity index is 447. The number of methoxy groups -OCH3 is 1. The SMILES string of the molecule is COC[C@H](C)NS(=O)(=O)c1cccc(Br)c1. The van der Waals surface area contributed by atoms with Crippen LogP contribution in [0.2, 0.25) is 0 Å². The molecule has 1 N–H and O–H groups in total. The number of hydrogen-bond acceptors (Lipinski definition) is 3. The van der Waals surface area contributed by atoms with Crippen LogP contribution in [0.1, 0.15) is 6.92 Å². The lowest BCUT2D eigenvalue weighted by Gasteiger charge is -2.13. The predicted molar refractivity (Wildman–Crippen MR) is 65.8 cm³/mol. The summed E-state index contributed by atoms with van der Waals surface area (Å²) in [6, 6.07) is 6.31. The first-order valence-corrected chi connectivity index (χ1v) is 7.00. The topological polar surface area (TPSA) is 55.4 Å². The highest BCUT2D eigenvalue weighted by Crippen LogP contribution is 2.16. The molecule has 1 atom stereocenters. The number of sulfonamides is 1. The van der Waals surface area contributed by atoms with Gasteiger partial charge in [-0.15, -0.1) is 0 Å². The van der Waals surface area contributed by atoms with Gasteiger partial charge in [0, 0.05) is 17.6 Å². The van der Waals surface area contributed by atoms with Gasteiger partial charge >= 0.3 is 0 Å². The van der Waals surface area contributed by atoms with Crippen molar-refractivity contribution in [1.29, 1.82) is 0 Å². The molecule has 6 heteroatoms. The molecule has 0 aliphatic carbocycles. The number of hydrogen-bond donors (Lipinski definition) is 1. The summed E-state index contributed by atoms with van der Waals surface area (Å²) in [4.78, 5) is 0.241. The van der Waals surface area contributed by atoms with Crippen LogP contribution in [-0.2, 0) is 14.8 Å². The van der Waals surface area contributed by atoms with E-state index >= 15 is 0 Å².